The first kappa shape index (κ1) is 33.4. The second-order valence-corrected chi connectivity index (χ2v) is 13.3. The van der Waals surface area contributed by atoms with Gasteiger partial charge in [0.05, 0.1) is 32.2 Å². The van der Waals surface area contributed by atoms with Crippen LogP contribution in [0.2, 0.25) is 0 Å². The third-order valence-electron chi connectivity index (χ3n) is 9.87. The van der Waals surface area contributed by atoms with Gasteiger partial charge in [0.15, 0.2) is 11.5 Å². The van der Waals surface area contributed by atoms with Crippen LogP contribution in [0.25, 0.3) is 22.5 Å². The molecular formula is C42H46N4O4. The van der Waals surface area contributed by atoms with Gasteiger partial charge in [-0.05, 0) is 135 Å². The normalized spacial score (nSPS) is 15.1. The van der Waals surface area contributed by atoms with Gasteiger partial charge in [-0.3, -0.25) is 14.9 Å². The van der Waals surface area contributed by atoms with Gasteiger partial charge in [0.1, 0.15) is 11.5 Å². The highest BCUT2D eigenvalue weighted by molar-refractivity contribution is 5.68. The Bertz CT molecular complexity index is 1880. The Hall–Kier alpha value is -5.08. The number of hydrogen-bond donors (Lipinski definition) is 1. The Labute approximate surface area is 295 Å². The third-order valence-corrected chi connectivity index (χ3v) is 9.87. The van der Waals surface area contributed by atoms with Crippen molar-refractivity contribution in [3.05, 3.63) is 114 Å². The van der Waals surface area contributed by atoms with Crippen LogP contribution >= 0.6 is 0 Å². The molecule has 0 radical (unpaired) electrons. The zero-order chi connectivity index (χ0) is 34.5. The van der Waals surface area contributed by atoms with Crippen LogP contribution in [-0.2, 0) is 13.1 Å². The summed E-state index contributed by atoms with van der Waals surface area (Å²) in [4.78, 5) is 14.5. The van der Waals surface area contributed by atoms with Gasteiger partial charge in [-0.2, -0.15) is 0 Å². The number of phenolic OH excluding ortho intramolecular Hbond substituents is 1. The molecule has 2 fully saturated rings. The molecule has 5 aromatic rings. The maximum absolute atomic E-state index is 10.1. The molecule has 1 saturated heterocycles. The molecule has 0 amide bonds. The Kier molecular flexibility index (Phi) is 10.2. The van der Waals surface area contributed by atoms with Gasteiger partial charge >= 0.3 is 0 Å². The molecule has 2 aliphatic rings. The van der Waals surface area contributed by atoms with Gasteiger partial charge in [0.25, 0.3) is 0 Å². The van der Waals surface area contributed by atoms with E-state index in [0.717, 1.165) is 84.5 Å². The summed E-state index contributed by atoms with van der Waals surface area (Å²) in [6.45, 7) is 6.27. The van der Waals surface area contributed by atoms with Crippen molar-refractivity contribution in [3.63, 3.8) is 0 Å². The fourth-order valence-electron chi connectivity index (χ4n) is 7.11. The minimum atomic E-state index is 0.275. The van der Waals surface area contributed by atoms with Crippen molar-refractivity contribution < 1.29 is 19.3 Å². The lowest BCUT2D eigenvalue weighted by Crippen LogP contribution is -2.44. The van der Waals surface area contributed by atoms with Crippen LogP contribution in [0.1, 0.15) is 55.2 Å². The van der Waals surface area contributed by atoms with Crippen LogP contribution in [0.3, 0.4) is 0 Å². The molecule has 1 saturated carbocycles. The lowest BCUT2D eigenvalue weighted by Gasteiger charge is -2.40. The number of aromatic nitrogens is 2. The lowest BCUT2D eigenvalue weighted by molar-refractivity contribution is 0.201. The van der Waals surface area contributed by atoms with E-state index in [4.69, 9.17) is 19.2 Å². The highest BCUT2D eigenvalue weighted by Crippen LogP contribution is 2.49. The number of anilines is 1. The number of rotatable bonds is 13. The molecular weight excluding hydrogens is 624 g/mol. The van der Waals surface area contributed by atoms with Gasteiger partial charge in [-0.1, -0.05) is 0 Å². The molecule has 0 atom stereocenters. The minimum absolute atomic E-state index is 0.275. The highest BCUT2D eigenvalue weighted by atomic mass is 16.5. The maximum Gasteiger partial charge on any atom is 0.164 e. The first-order valence-corrected chi connectivity index (χ1v) is 17.7. The Balaban J connectivity index is 1.06. The number of likely N-dealkylation sites (tertiary alicyclic amines) is 1. The van der Waals surface area contributed by atoms with Gasteiger partial charge in [-0.15, -0.1) is 0 Å². The standard InChI is InChI=1S/C42H46N4O4/c1-4-50-37-13-7-32(8-14-37)39-23-29(15-19-43-39)27-45-21-17-35(18-22-45)46(34-9-11-36(47)12-10-34)28-30-16-20-44-40(24-30)33-25-38(31-5-6-31)42(49-3)41(26-33)48-2/h7-16,19-20,23-26,31,35,47H,4-6,17-18,21-22,27-28H2,1-3H3. The van der Waals surface area contributed by atoms with E-state index >= 15 is 0 Å². The number of hydrogen-bond acceptors (Lipinski definition) is 8. The summed E-state index contributed by atoms with van der Waals surface area (Å²) < 4.78 is 17.1. The SMILES string of the molecule is CCOc1ccc(-c2cc(CN3CCC(N(Cc4ccnc(-c5cc(OC)c(OC)c(C6CC6)c5)c4)c4ccc(O)cc4)CC3)ccn2)cc1. The van der Waals surface area contributed by atoms with Crippen LogP contribution in [0.4, 0.5) is 5.69 Å². The number of methoxy groups -OCH3 is 2. The molecule has 1 N–H and O–H groups in total. The third kappa shape index (κ3) is 7.71. The largest absolute Gasteiger partial charge is 0.508 e. The number of nitrogens with zero attached hydrogens (tertiary/aromatic N) is 4. The average molecular weight is 671 g/mol. The van der Waals surface area contributed by atoms with E-state index in [0.29, 0.717) is 18.6 Å². The van der Waals surface area contributed by atoms with E-state index in [1.807, 2.05) is 49.6 Å². The molecule has 1 aliphatic heterocycles. The summed E-state index contributed by atoms with van der Waals surface area (Å²) in [5.41, 5.74) is 8.79. The van der Waals surface area contributed by atoms with Crippen LogP contribution < -0.4 is 19.1 Å². The average Bonchev–Trinajstić information content (AvgIpc) is 4.01. The topological polar surface area (TPSA) is 80.2 Å². The molecule has 3 aromatic carbocycles. The van der Waals surface area contributed by atoms with E-state index in [9.17, 15) is 5.11 Å². The van der Waals surface area contributed by atoms with E-state index in [2.05, 4.69) is 57.2 Å². The number of benzene rings is 3. The smallest absolute Gasteiger partial charge is 0.164 e. The number of phenols is 1. The molecule has 0 bridgehead atoms. The summed E-state index contributed by atoms with van der Waals surface area (Å²) in [6.07, 6.45) is 8.24. The van der Waals surface area contributed by atoms with E-state index < -0.39 is 0 Å². The summed E-state index contributed by atoms with van der Waals surface area (Å²) in [5, 5.41) is 10.1. The van der Waals surface area contributed by atoms with Gasteiger partial charge < -0.3 is 24.2 Å². The Morgan fingerprint density at radius 1 is 0.760 bits per heavy atom. The van der Waals surface area contributed by atoms with Gasteiger partial charge in [0.2, 0.25) is 0 Å². The summed E-state index contributed by atoms with van der Waals surface area (Å²) in [7, 11) is 3.41. The summed E-state index contributed by atoms with van der Waals surface area (Å²) in [6, 6.07) is 29.0. The van der Waals surface area contributed by atoms with Crippen molar-refractivity contribution in [2.24, 2.45) is 0 Å². The lowest BCUT2D eigenvalue weighted by atomic mass is 9.99. The zero-order valence-electron chi connectivity index (χ0n) is 29.2. The number of aromatic hydroxyl groups is 1. The number of pyridine rings is 2. The van der Waals surface area contributed by atoms with Crippen molar-refractivity contribution in [1.29, 1.82) is 0 Å². The van der Waals surface area contributed by atoms with Crippen LogP contribution in [0.15, 0.2) is 97.3 Å². The molecule has 8 heteroatoms. The Morgan fingerprint density at radius 3 is 2.10 bits per heavy atom. The maximum atomic E-state index is 10.1. The van der Waals surface area contributed by atoms with Crippen LogP contribution in [0, 0.1) is 0 Å². The fraction of sp³-hybridized carbons (Fsp3) is 0.333. The fourth-order valence-corrected chi connectivity index (χ4v) is 7.11. The second-order valence-electron chi connectivity index (χ2n) is 13.3. The summed E-state index contributed by atoms with van der Waals surface area (Å²) in [5.74, 6) is 3.24. The van der Waals surface area contributed by atoms with Crippen molar-refractivity contribution in [1.82, 2.24) is 14.9 Å². The molecule has 0 spiro atoms. The highest BCUT2D eigenvalue weighted by Gasteiger charge is 2.30. The van der Waals surface area contributed by atoms with E-state index in [1.54, 1.807) is 26.4 Å². The first-order chi connectivity index (χ1) is 24.5. The molecule has 8 nitrogen and oxygen atoms in total. The molecule has 1 aliphatic carbocycles. The molecule has 7 rings (SSSR count). The second kappa shape index (κ2) is 15.2. The molecule has 0 unspecified atom stereocenters. The van der Waals surface area contributed by atoms with Gasteiger partial charge in [0, 0.05) is 67.0 Å². The molecule has 3 heterocycles. The summed E-state index contributed by atoms with van der Waals surface area (Å²) >= 11 is 0. The molecule has 2 aromatic heterocycles. The minimum Gasteiger partial charge on any atom is -0.508 e. The van der Waals surface area contributed by atoms with E-state index in [-0.39, 0.29) is 5.75 Å². The van der Waals surface area contributed by atoms with Crippen LogP contribution in [0.5, 0.6) is 23.0 Å². The van der Waals surface area contributed by atoms with Gasteiger partial charge in [-0.25, -0.2) is 0 Å². The van der Waals surface area contributed by atoms with Crippen molar-refractivity contribution in [3.8, 4) is 45.5 Å². The van der Waals surface area contributed by atoms with Crippen molar-refractivity contribution >= 4 is 5.69 Å². The number of piperidine rings is 1. The predicted molar refractivity (Wildman–Crippen MR) is 198 cm³/mol. The molecule has 50 heavy (non-hydrogen) atoms. The quantitative estimate of drug-likeness (QED) is 0.134. The predicted octanol–water partition coefficient (Wildman–Crippen LogP) is 8.48. The molecule has 258 valence electrons. The van der Waals surface area contributed by atoms with E-state index in [1.165, 1.54) is 29.5 Å². The monoisotopic (exact) mass is 670 g/mol. The Morgan fingerprint density at radius 2 is 1.44 bits per heavy atom. The van der Waals surface area contributed by atoms with Crippen LogP contribution in [-0.4, -0.2) is 59.9 Å². The van der Waals surface area contributed by atoms with Crippen molar-refractivity contribution in [2.75, 3.05) is 38.8 Å². The van der Waals surface area contributed by atoms with Crippen molar-refractivity contribution in [2.45, 2.75) is 57.7 Å². The first-order valence-electron chi connectivity index (χ1n) is 17.7. The zero-order valence-corrected chi connectivity index (χ0v) is 29.2. The number of ether oxygens (including phenoxy) is 3.